The van der Waals surface area contributed by atoms with Crippen LogP contribution >= 0.6 is 11.8 Å². The number of carbonyl (C=O) groups excluding carboxylic acids is 3. The molecule has 35 heavy (non-hydrogen) atoms. The van der Waals surface area contributed by atoms with E-state index in [0.29, 0.717) is 5.75 Å². The van der Waals surface area contributed by atoms with Crippen LogP contribution in [0.15, 0.2) is 30.3 Å². The van der Waals surface area contributed by atoms with E-state index in [4.69, 9.17) is 15.9 Å². The molecule has 0 saturated carbocycles. The van der Waals surface area contributed by atoms with Gasteiger partial charge in [-0.3, -0.25) is 19.2 Å². The number of hydrogen-bond acceptors (Lipinski definition) is 8. The molecular formula is C22H32N4O8S. The van der Waals surface area contributed by atoms with Gasteiger partial charge in [-0.1, -0.05) is 30.3 Å². The Morgan fingerprint density at radius 3 is 2.06 bits per heavy atom. The molecule has 3 amide bonds. The van der Waals surface area contributed by atoms with Gasteiger partial charge < -0.3 is 37.0 Å². The lowest BCUT2D eigenvalue weighted by Crippen LogP contribution is -2.60. The number of thioether (sulfide) groups is 1. The molecule has 0 radical (unpaired) electrons. The Balaban J connectivity index is 2.91. The van der Waals surface area contributed by atoms with Crippen molar-refractivity contribution in [3.63, 3.8) is 0 Å². The lowest BCUT2D eigenvalue weighted by molar-refractivity contribution is -0.148. The molecule has 1 rings (SSSR count). The van der Waals surface area contributed by atoms with Crippen LogP contribution in [0.25, 0.3) is 0 Å². The number of benzene rings is 1. The molecule has 0 aliphatic carbocycles. The number of amides is 3. The van der Waals surface area contributed by atoms with Crippen molar-refractivity contribution in [2.24, 2.45) is 5.73 Å². The first-order valence-corrected chi connectivity index (χ1v) is 12.2. The number of carbonyl (C=O) groups is 5. The molecule has 5 atom stereocenters. The van der Waals surface area contributed by atoms with Crippen LogP contribution in [0.3, 0.4) is 0 Å². The molecule has 0 aliphatic rings. The van der Waals surface area contributed by atoms with E-state index in [2.05, 4.69) is 10.6 Å². The van der Waals surface area contributed by atoms with Crippen molar-refractivity contribution in [2.45, 2.75) is 56.5 Å². The molecule has 8 N–H and O–H groups in total. The molecule has 0 aromatic heterocycles. The van der Waals surface area contributed by atoms with Crippen LogP contribution in [0.4, 0.5) is 0 Å². The van der Waals surface area contributed by atoms with E-state index in [1.165, 1.54) is 18.7 Å². The van der Waals surface area contributed by atoms with Crippen molar-refractivity contribution < 1.29 is 39.3 Å². The number of aliphatic hydroxyl groups excluding tert-OH is 1. The highest BCUT2D eigenvalue weighted by molar-refractivity contribution is 7.98. The Morgan fingerprint density at radius 2 is 1.54 bits per heavy atom. The summed E-state index contributed by atoms with van der Waals surface area (Å²) >= 11 is 1.42. The van der Waals surface area contributed by atoms with Gasteiger partial charge >= 0.3 is 11.9 Å². The molecule has 1 aromatic carbocycles. The largest absolute Gasteiger partial charge is 0.481 e. The Hall–Kier alpha value is -3.16. The van der Waals surface area contributed by atoms with Crippen molar-refractivity contribution in [3.05, 3.63) is 35.9 Å². The van der Waals surface area contributed by atoms with Crippen LogP contribution in [0.2, 0.25) is 0 Å². The number of nitrogens with one attached hydrogen (secondary N) is 3. The fourth-order valence-corrected chi connectivity index (χ4v) is 3.51. The molecule has 0 aliphatic heterocycles. The number of carboxylic acids is 2. The van der Waals surface area contributed by atoms with Crippen LogP contribution in [-0.4, -0.2) is 87.3 Å². The zero-order chi connectivity index (χ0) is 26.5. The highest BCUT2D eigenvalue weighted by atomic mass is 32.2. The van der Waals surface area contributed by atoms with Crippen molar-refractivity contribution in [1.82, 2.24) is 16.0 Å². The molecule has 12 nitrogen and oxygen atoms in total. The number of nitrogens with two attached hydrogens (primary N) is 1. The minimum atomic E-state index is -1.76. The SMILES string of the molecule is CSCCC(NC(=O)C(N)Cc1ccccc1)C(=O)NC(C(=O)NC(CC(=O)O)C(=O)O)C(C)O. The van der Waals surface area contributed by atoms with Gasteiger partial charge in [0.05, 0.1) is 18.6 Å². The summed E-state index contributed by atoms with van der Waals surface area (Å²) in [6, 6.07) is 3.68. The van der Waals surface area contributed by atoms with Crippen LogP contribution in [-0.2, 0) is 30.4 Å². The van der Waals surface area contributed by atoms with E-state index < -0.39 is 66.4 Å². The summed E-state index contributed by atoms with van der Waals surface area (Å²) in [5, 5.41) is 34.8. The quantitative estimate of drug-likeness (QED) is 0.148. The molecule has 194 valence electrons. The summed E-state index contributed by atoms with van der Waals surface area (Å²) in [4.78, 5) is 60.2. The molecule has 1 aromatic rings. The third kappa shape index (κ3) is 10.8. The van der Waals surface area contributed by atoms with Crippen molar-refractivity contribution >= 4 is 41.4 Å². The van der Waals surface area contributed by atoms with Gasteiger partial charge in [-0.05, 0) is 37.3 Å². The number of aliphatic hydroxyl groups is 1. The van der Waals surface area contributed by atoms with Crippen molar-refractivity contribution in [3.8, 4) is 0 Å². The van der Waals surface area contributed by atoms with E-state index in [-0.39, 0.29) is 12.8 Å². The summed E-state index contributed by atoms with van der Waals surface area (Å²) < 4.78 is 0. The van der Waals surface area contributed by atoms with Gasteiger partial charge in [-0.15, -0.1) is 0 Å². The predicted molar refractivity (Wildman–Crippen MR) is 128 cm³/mol. The second kappa shape index (κ2) is 15.0. The molecule has 0 bridgehead atoms. The van der Waals surface area contributed by atoms with Gasteiger partial charge in [0.25, 0.3) is 0 Å². The number of rotatable bonds is 15. The Labute approximate surface area is 207 Å². The molecule has 0 heterocycles. The molecule has 0 fully saturated rings. The summed E-state index contributed by atoms with van der Waals surface area (Å²) in [6.45, 7) is 1.20. The van der Waals surface area contributed by atoms with Crippen LogP contribution in [0.1, 0.15) is 25.3 Å². The fourth-order valence-electron chi connectivity index (χ4n) is 3.04. The molecule has 5 unspecified atom stereocenters. The van der Waals surface area contributed by atoms with E-state index in [0.717, 1.165) is 5.56 Å². The van der Waals surface area contributed by atoms with E-state index in [9.17, 15) is 29.1 Å². The monoisotopic (exact) mass is 512 g/mol. The van der Waals surface area contributed by atoms with Crippen LogP contribution < -0.4 is 21.7 Å². The lowest BCUT2D eigenvalue weighted by Gasteiger charge is -2.26. The predicted octanol–water partition coefficient (Wildman–Crippen LogP) is -1.30. The summed E-state index contributed by atoms with van der Waals surface area (Å²) in [5.41, 5.74) is 6.82. The lowest BCUT2D eigenvalue weighted by atomic mass is 10.0. The van der Waals surface area contributed by atoms with Gasteiger partial charge in [0.1, 0.15) is 18.1 Å². The first-order valence-electron chi connectivity index (χ1n) is 10.8. The number of aliphatic carboxylic acids is 2. The van der Waals surface area contributed by atoms with E-state index in [1.54, 1.807) is 18.4 Å². The molecular weight excluding hydrogens is 480 g/mol. The summed E-state index contributed by atoms with van der Waals surface area (Å²) in [5.74, 6) is -5.02. The fraction of sp³-hybridized carbons (Fsp3) is 0.500. The van der Waals surface area contributed by atoms with Crippen molar-refractivity contribution in [2.75, 3.05) is 12.0 Å². The van der Waals surface area contributed by atoms with Gasteiger partial charge in [0.2, 0.25) is 17.7 Å². The normalized spacial score (nSPS) is 15.1. The highest BCUT2D eigenvalue weighted by Gasteiger charge is 2.33. The van der Waals surface area contributed by atoms with Gasteiger partial charge in [-0.25, -0.2) is 4.79 Å². The van der Waals surface area contributed by atoms with E-state index in [1.807, 2.05) is 23.5 Å². The van der Waals surface area contributed by atoms with Gasteiger partial charge in [0, 0.05) is 0 Å². The van der Waals surface area contributed by atoms with Gasteiger partial charge in [0.15, 0.2) is 0 Å². The maximum atomic E-state index is 12.9. The average Bonchev–Trinajstić information content (AvgIpc) is 2.79. The number of carboxylic acid groups (broad SMARTS) is 2. The molecule has 13 heteroatoms. The Kier molecular flexibility index (Phi) is 12.8. The van der Waals surface area contributed by atoms with E-state index >= 15 is 0 Å². The van der Waals surface area contributed by atoms with Crippen LogP contribution in [0.5, 0.6) is 0 Å². The van der Waals surface area contributed by atoms with Crippen LogP contribution in [0, 0.1) is 0 Å². The first kappa shape index (κ1) is 29.9. The topological polar surface area (TPSA) is 208 Å². The Bertz CT molecular complexity index is 883. The third-order valence-electron chi connectivity index (χ3n) is 4.93. The van der Waals surface area contributed by atoms with Crippen molar-refractivity contribution in [1.29, 1.82) is 0 Å². The second-order valence-corrected chi connectivity index (χ2v) is 8.85. The summed E-state index contributed by atoms with van der Waals surface area (Å²) in [7, 11) is 0. The maximum absolute atomic E-state index is 12.9. The summed E-state index contributed by atoms with van der Waals surface area (Å²) in [6.07, 6.45) is -0.106. The Morgan fingerprint density at radius 1 is 0.943 bits per heavy atom. The number of hydrogen-bond donors (Lipinski definition) is 7. The first-order chi connectivity index (χ1) is 16.5. The maximum Gasteiger partial charge on any atom is 0.326 e. The molecule has 0 spiro atoms. The molecule has 0 saturated heterocycles. The third-order valence-corrected chi connectivity index (χ3v) is 5.58. The second-order valence-electron chi connectivity index (χ2n) is 7.86. The zero-order valence-corrected chi connectivity index (χ0v) is 20.3. The zero-order valence-electron chi connectivity index (χ0n) is 19.5. The standard InChI is InChI=1S/C22H32N4O8S/c1-12(27)18(21(32)25-16(22(33)34)11-17(28)29)26-20(31)15(8-9-35-2)24-19(30)14(23)10-13-6-4-3-5-7-13/h3-7,12,14-16,18,27H,8-11,23H2,1-2H3,(H,24,30)(H,25,32)(H,26,31)(H,28,29)(H,33,34). The highest BCUT2D eigenvalue weighted by Crippen LogP contribution is 2.06. The average molecular weight is 513 g/mol. The smallest absolute Gasteiger partial charge is 0.326 e. The minimum Gasteiger partial charge on any atom is -0.481 e. The van der Waals surface area contributed by atoms with Gasteiger partial charge in [-0.2, -0.15) is 11.8 Å². The minimum absolute atomic E-state index is 0.196.